The molecule has 2 aromatic rings. The van der Waals surface area contributed by atoms with E-state index in [4.69, 9.17) is 28.9 Å². The molecule has 2 aromatic carbocycles. The second-order valence-electron chi connectivity index (χ2n) is 4.91. The molecule has 1 atom stereocenters. The number of carbonyl (C=O) groups is 1. The van der Waals surface area contributed by atoms with Crippen molar-refractivity contribution >= 4 is 50.7 Å². The van der Waals surface area contributed by atoms with Crippen molar-refractivity contribution in [1.82, 2.24) is 0 Å². The third-order valence-electron chi connectivity index (χ3n) is 3.49. The Morgan fingerprint density at radius 3 is 2.67 bits per heavy atom. The van der Waals surface area contributed by atoms with Gasteiger partial charge in [0, 0.05) is 15.2 Å². The third kappa shape index (κ3) is 2.81. The van der Waals surface area contributed by atoms with Gasteiger partial charge in [-0.2, -0.15) is 0 Å². The number of fused-ring (bicyclic) bond motifs is 1. The van der Waals surface area contributed by atoms with Crippen molar-refractivity contribution in [1.29, 1.82) is 0 Å². The highest BCUT2D eigenvalue weighted by molar-refractivity contribution is 9.10. The molecule has 6 heteroatoms. The standard InChI is InChI=1S/C15H11BrCl2N2O/c16-10-4-7(1-2-11(10)17)15(19)9-3-8-5-14(21)20-13(8)6-12(9)18/h1-4,6,15H,5,19H2,(H,20,21). The van der Waals surface area contributed by atoms with Gasteiger partial charge in [-0.25, -0.2) is 0 Å². The highest BCUT2D eigenvalue weighted by Gasteiger charge is 2.22. The lowest BCUT2D eigenvalue weighted by atomic mass is 9.97. The van der Waals surface area contributed by atoms with Crippen molar-refractivity contribution in [2.45, 2.75) is 12.5 Å². The molecular weight excluding hydrogens is 375 g/mol. The number of halogens is 3. The van der Waals surface area contributed by atoms with Crippen molar-refractivity contribution in [2.24, 2.45) is 5.73 Å². The minimum absolute atomic E-state index is 0.0268. The molecule has 21 heavy (non-hydrogen) atoms. The summed E-state index contributed by atoms with van der Waals surface area (Å²) in [5, 5.41) is 3.93. The minimum Gasteiger partial charge on any atom is -0.325 e. The topological polar surface area (TPSA) is 55.1 Å². The molecule has 0 aliphatic carbocycles. The average Bonchev–Trinajstić information content (AvgIpc) is 2.79. The SMILES string of the molecule is NC(c1ccc(Cl)c(Br)c1)c1cc2c(cc1Cl)NC(=O)C2. The van der Waals surface area contributed by atoms with Gasteiger partial charge in [-0.3, -0.25) is 4.79 Å². The van der Waals surface area contributed by atoms with Gasteiger partial charge in [-0.1, -0.05) is 29.3 Å². The van der Waals surface area contributed by atoms with Gasteiger partial charge in [0.1, 0.15) is 0 Å². The predicted octanol–water partition coefficient (Wildman–Crippen LogP) is 4.30. The molecule has 108 valence electrons. The second-order valence-corrected chi connectivity index (χ2v) is 6.58. The lowest BCUT2D eigenvalue weighted by Crippen LogP contribution is -2.12. The molecule has 1 heterocycles. The van der Waals surface area contributed by atoms with E-state index in [0.29, 0.717) is 16.5 Å². The van der Waals surface area contributed by atoms with Crippen LogP contribution >= 0.6 is 39.1 Å². The fraction of sp³-hybridized carbons (Fsp3) is 0.133. The molecule has 0 saturated heterocycles. The monoisotopic (exact) mass is 384 g/mol. The molecule has 3 rings (SSSR count). The van der Waals surface area contributed by atoms with Crippen molar-refractivity contribution in [2.75, 3.05) is 5.32 Å². The molecule has 0 saturated carbocycles. The van der Waals surface area contributed by atoms with Crippen LogP contribution in [0.5, 0.6) is 0 Å². The van der Waals surface area contributed by atoms with Crippen LogP contribution in [-0.4, -0.2) is 5.91 Å². The van der Waals surface area contributed by atoms with Crippen molar-refractivity contribution < 1.29 is 4.79 Å². The molecule has 3 nitrogen and oxygen atoms in total. The van der Waals surface area contributed by atoms with Gasteiger partial charge < -0.3 is 11.1 Å². The summed E-state index contributed by atoms with van der Waals surface area (Å²) in [5.41, 5.74) is 9.68. The fourth-order valence-corrected chi connectivity index (χ4v) is 3.19. The molecule has 1 unspecified atom stereocenters. The maximum atomic E-state index is 11.4. The summed E-state index contributed by atoms with van der Waals surface area (Å²) in [5.74, 6) is -0.0268. The number of nitrogens with two attached hydrogens (primary N) is 1. The molecular formula is C15H11BrCl2N2O. The quantitative estimate of drug-likeness (QED) is 0.809. The van der Waals surface area contributed by atoms with Crippen LogP contribution in [0.3, 0.4) is 0 Å². The van der Waals surface area contributed by atoms with Crippen LogP contribution in [-0.2, 0) is 11.2 Å². The highest BCUT2D eigenvalue weighted by atomic mass is 79.9. The molecule has 0 radical (unpaired) electrons. The zero-order valence-corrected chi connectivity index (χ0v) is 13.9. The van der Waals surface area contributed by atoms with Crippen molar-refractivity contribution in [3.05, 3.63) is 61.5 Å². The van der Waals surface area contributed by atoms with Gasteiger partial charge >= 0.3 is 0 Å². The number of hydrogen-bond acceptors (Lipinski definition) is 2. The number of nitrogens with one attached hydrogen (secondary N) is 1. The first kappa shape index (κ1) is 14.9. The summed E-state index contributed by atoms with van der Waals surface area (Å²) in [6, 6.07) is 8.79. The summed E-state index contributed by atoms with van der Waals surface area (Å²) in [7, 11) is 0. The van der Waals surface area contributed by atoms with Gasteiger partial charge in [0.2, 0.25) is 5.91 Å². The molecule has 1 aliphatic heterocycles. The summed E-state index contributed by atoms with van der Waals surface area (Å²) >= 11 is 15.7. The van der Waals surface area contributed by atoms with Gasteiger partial charge in [-0.05, 0) is 56.9 Å². The Balaban J connectivity index is 2.02. The van der Waals surface area contributed by atoms with E-state index in [-0.39, 0.29) is 11.9 Å². The maximum Gasteiger partial charge on any atom is 0.228 e. The zero-order valence-electron chi connectivity index (χ0n) is 10.8. The van der Waals surface area contributed by atoms with Gasteiger partial charge in [0.05, 0.1) is 17.5 Å². The molecule has 0 aromatic heterocycles. The van der Waals surface area contributed by atoms with Crippen molar-refractivity contribution in [3.8, 4) is 0 Å². The number of amides is 1. The van der Waals surface area contributed by atoms with Crippen LogP contribution in [0, 0.1) is 0 Å². The van der Waals surface area contributed by atoms with E-state index in [1.807, 2.05) is 18.2 Å². The largest absolute Gasteiger partial charge is 0.325 e. The molecule has 1 aliphatic rings. The molecule has 0 spiro atoms. The fourth-order valence-electron chi connectivity index (χ4n) is 2.39. The van der Waals surface area contributed by atoms with Gasteiger partial charge in [0.15, 0.2) is 0 Å². The Kier molecular flexibility index (Phi) is 3.97. The smallest absolute Gasteiger partial charge is 0.228 e. The number of anilines is 1. The number of hydrogen-bond donors (Lipinski definition) is 2. The highest BCUT2D eigenvalue weighted by Crippen LogP contribution is 2.35. The molecule has 3 N–H and O–H groups in total. The van der Waals surface area contributed by atoms with E-state index in [2.05, 4.69) is 21.2 Å². The Hall–Kier alpha value is -1.07. The van der Waals surface area contributed by atoms with E-state index in [9.17, 15) is 4.79 Å². The Morgan fingerprint density at radius 1 is 1.19 bits per heavy atom. The Bertz CT molecular complexity index is 749. The minimum atomic E-state index is -0.382. The molecule has 1 amide bonds. The van der Waals surface area contributed by atoms with E-state index in [0.717, 1.165) is 26.9 Å². The number of benzene rings is 2. The van der Waals surface area contributed by atoms with Crippen LogP contribution in [0.25, 0.3) is 0 Å². The Morgan fingerprint density at radius 2 is 1.95 bits per heavy atom. The maximum absolute atomic E-state index is 11.4. The first-order valence-electron chi connectivity index (χ1n) is 6.28. The summed E-state index contributed by atoms with van der Waals surface area (Å²) in [6.45, 7) is 0. The van der Waals surface area contributed by atoms with Gasteiger partial charge in [0.25, 0.3) is 0 Å². The first-order valence-corrected chi connectivity index (χ1v) is 7.83. The van der Waals surface area contributed by atoms with Crippen LogP contribution in [0.15, 0.2) is 34.8 Å². The van der Waals surface area contributed by atoms with Crippen LogP contribution < -0.4 is 11.1 Å². The molecule has 0 fully saturated rings. The molecule has 0 bridgehead atoms. The van der Waals surface area contributed by atoms with E-state index in [1.54, 1.807) is 12.1 Å². The Labute approximate surface area is 140 Å². The van der Waals surface area contributed by atoms with E-state index < -0.39 is 0 Å². The predicted molar refractivity (Wildman–Crippen MR) is 89.0 cm³/mol. The summed E-state index contributed by atoms with van der Waals surface area (Å²) in [4.78, 5) is 11.4. The zero-order chi connectivity index (χ0) is 15.1. The lowest BCUT2D eigenvalue weighted by Gasteiger charge is -2.16. The van der Waals surface area contributed by atoms with Crippen LogP contribution in [0.2, 0.25) is 10.0 Å². The van der Waals surface area contributed by atoms with Crippen LogP contribution in [0.4, 0.5) is 5.69 Å². The van der Waals surface area contributed by atoms with Crippen LogP contribution in [0.1, 0.15) is 22.7 Å². The number of carbonyl (C=O) groups excluding carboxylic acids is 1. The third-order valence-corrected chi connectivity index (χ3v) is 5.03. The second kappa shape index (κ2) is 5.61. The summed E-state index contributed by atoms with van der Waals surface area (Å²) in [6.07, 6.45) is 0.358. The lowest BCUT2D eigenvalue weighted by molar-refractivity contribution is -0.115. The first-order chi connectivity index (χ1) is 9.95. The van der Waals surface area contributed by atoms with Crippen molar-refractivity contribution in [3.63, 3.8) is 0 Å². The van der Waals surface area contributed by atoms with E-state index in [1.165, 1.54) is 0 Å². The van der Waals surface area contributed by atoms with E-state index >= 15 is 0 Å². The normalized spacial score (nSPS) is 14.8. The van der Waals surface area contributed by atoms with Gasteiger partial charge in [-0.15, -0.1) is 0 Å². The number of rotatable bonds is 2. The summed E-state index contributed by atoms with van der Waals surface area (Å²) < 4.78 is 0.784. The average molecular weight is 386 g/mol.